The van der Waals surface area contributed by atoms with Crippen LogP contribution in [-0.4, -0.2) is 73.7 Å². The molecule has 0 aliphatic rings. The number of amides is 1. The first kappa shape index (κ1) is 27.4. The Bertz CT molecular complexity index is 1160. The van der Waals surface area contributed by atoms with E-state index in [1.165, 1.54) is 33.3 Å². The number of nitrogens with zero attached hydrogens (tertiary/aromatic N) is 2. The molecular formula is C22H31N3O7S2. The lowest BCUT2D eigenvalue weighted by Gasteiger charge is -2.19. The lowest BCUT2D eigenvalue weighted by atomic mass is 10.2. The number of anilines is 1. The topological polar surface area (TPSA) is 122 Å². The zero-order valence-electron chi connectivity index (χ0n) is 19.9. The molecule has 0 aliphatic heterocycles. The van der Waals surface area contributed by atoms with Crippen LogP contribution in [0, 0.1) is 0 Å². The molecule has 34 heavy (non-hydrogen) atoms. The van der Waals surface area contributed by atoms with E-state index in [1.807, 2.05) is 6.92 Å². The molecular weight excluding hydrogens is 482 g/mol. The van der Waals surface area contributed by atoms with Crippen molar-refractivity contribution < 1.29 is 31.1 Å². The predicted octanol–water partition coefficient (Wildman–Crippen LogP) is 1.69. The summed E-state index contributed by atoms with van der Waals surface area (Å²) in [7, 11) is -2.50. The van der Waals surface area contributed by atoms with Crippen LogP contribution in [0.2, 0.25) is 0 Å². The summed E-state index contributed by atoms with van der Waals surface area (Å²) in [6.07, 6.45) is 0.817. The number of hydrogen-bond donors (Lipinski definition) is 1. The Kier molecular flexibility index (Phi) is 9.30. The molecule has 0 spiro atoms. The van der Waals surface area contributed by atoms with Crippen molar-refractivity contribution in [3.05, 3.63) is 48.5 Å². The fourth-order valence-electron chi connectivity index (χ4n) is 2.79. The molecule has 0 fully saturated rings. The highest BCUT2D eigenvalue weighted by Gasteiger charge is 2.19. The minimum atomic E-state index is -3.50. The number of carbonyl (C=O) groups is 1. The molecule has 0 radical (unpaired) electrons. The van der Waals surface area contributed by atoms with E-state index in [0.717, 1.165) is 14.9 Å². The Morgan fingerprint density at radius 3 is 2.00 bits per heavy atom. The molecule has 0 aromatic heterocycles. The van der Waals surface area contributed by atoms with E-state index in [4.69, 9.17) is 9.47 Å². The van der Waals surface area contributed by atoms with Gasteiger partial charge in [0, 0.05) is 21.1 Å². The van der Waals surface area contributed by atoms with Gasteiger partial charge in [-0.15, -0.1) is 0 Å². The van der Waals surface area contributed by atoms with Gasteiger partial charge in [0.05, 0.1) is 23.4 Å². The highest BCUT2D eigenvalue weighted by atomic mass is 32.2. The molecule has 188 valence electrons. The zero-order chi connectivity index (χ0) is 25.5. The first-order chi connectivity index (χ1) is 15.9. The van der Waals surface area contributed by atoms with Gasteiger partial charge in [0.15, 0.2) is 6.10 Å². The van der Waals surface area contributed by atoms with Crippen LogP contribution < -0.4 is 19.1 Å². The van der Waals surface area contributed by atoms with Crippen molar-refractivity contribution in [3.8, 4) is 11.5 Å². The number of sulfonamides is 2. The number of carbonyl (C=O) groups excluding carboxylic acids is 1. The Hall–Kier alpha value is -2.83. The summed E-state index contributed by atoms with van der Waals surface area (Å²) < 4.78 is 61.0. The fourth-order valence-corrected chi connectivity index (χ4v) is 4.19. The fraction of sp³-hybridized carbons (Fsp3) is 0.409. The van der Waals surface area contributed by atoms with Crippen molar-refractivity contribution in [2.24, 2.45) is 0 Å². The van der Waals surface area contributed by atoms with E-state index in [2.05, 4.69) is 5.32 Å². The van der Waals surface area contributed by atoms with Crippen LogP contribution in [0.5, 0.6) is 11.5 Å². The molecule has 0 bridgehead atoms. The minimum Gasteiger partial charge on any atom is -0.492 e. The first-order valence-electron chi connectivity index (χ1n) is 10.5. The molecule has 10 nitrogen and oxygen atoms in total. The molecule has 1 atom stereocenters. The number of ether oxygens (including phenoxy) is 2. The molecule has 2 aromatic rings. The monoisotopic (exact) mass is 513 g/mol. The number of rotatable bonds is 12. The van der Waals surface area contributed by atoms with E-state index in [0.29, 0.717) is 23.6 Å². The minimum absolute atomic E-state index is 0.164. The lowest BCUT2D eigenvalue weighted by Crippen LogP contribution is -2.39. The smallest absolute Gasteiger partial charge is 0.261 e. The summed E-state index contributed by atoms with van der Waals surface area (Å²) in [6, 6.07) is 12.5. The largest absolute Gasteiger partial charge is 0.492 e. The average Bonchev–Trinajstić information content (AvgIpc) is 2.79. The van der Waals surface area contributed by atoms with Gasteiger partial charge in [-0.2, -0.15) is 0 Å². The van der Waals surface area contributed by atoms with Crippen LogP contribution in [-0.2, 0) is 24.8 Å². The van der Waals surface area contributed by atoms with E-state index in [9.17, 15) is 21.6 Å². The molecule has 12 heteroatoms. The maximum absolute atomic E-state index is 12.5. The van der Waals surface area contributed by atoms with E-state index in [-0.39, 0.29) is 24.0 Å². The number of hydrogen-bond acceptors (Lipinski definition) is 7. The van der Waals surface area contributed by atoms with Gasteiger partial charge in [-0.05, 0) is 55.0 Å². The summed E-state index contributed by atoms with van der Waals surface area (Å²) in [5.74, 6) is 0.613. The zero-order valence-corrected chi connectivity index (χ0v) is 21.5. The van der Waals surface area contributed by atoms with Gasteiger partial charge < -0.3 is 14.8 Å². The van der Waals surface area contributed by atoms with Gasteiger partial charge in [-0.25, -0.2) is 21.1 Å². The highest BCUT2D eigenvalue weighted by molar-refractivity contribution is 7.92. The van der Waals surface area contributed by atoms with Gasteiger partial charge in [-0.1, -0.05) is 6.92 Å². The summed E-state index contributed by atoms with van der Waals surface area (Å²) in [6.45, 7) is 2.24. The van der Waals surface area contributed by atoms with Crippen LogP contribution >= 0.6 is 0 Å². The van der Waals surface area contributed by atoms with Crippen molar-refractivity contribution in [2.75, 3.05) is 44.9 Å². The first-order valence-corrected chi connectivity index (χ1v) is 13.8. The second kappa shape index (κ2) is 11.5. The third kappa shape index (κ3) is 7.34. The summed E-state index contributed by atoms with van der Waals surface area (Å²) in [5.41, 5.74) is 0.483. The van der Waals surface area contributed by atoms with Crippen LogP contribution in [0.1, 0.15) is 13.3 Å². The van der Waals surface area contributed by atoms with Crippen LogP contribution in [0.3, 0.4) is 0 Å². The van der Waals surface area contributed by atoms with E-state index < -0.39 is 26.2 Å². The van der Waals surface area contributed by atoms with E-state index >= 15 is 0 Å². The van der Waals surface area contributed by atoms with Crippen molar-refractivity contribution >= 4 is 31.6 Å². The molecule has 0 saturated heterocycles. The molecule has 0 saturated carbocycles. The Balaban J connectivity index is 1.84. The summed E-state index contributed by atoms with van der Waals surface area (Å²) in [5, 5.41) is 2.75. The maximum atomic E-state index is 12.5. The van der Waals surface area contributed by atoms with Crippen molar-refractivity contribution in [2.45, 2.75) is 24.3 Å². The molecule has 2 aromatic carbocycles. The summed E-state index contributed by atoms with van der Waals surface area (Å²) in [4.78, 5) is 12.6. The van der Waals surface area contributed by atoms with Crippen LogP contribution in [0.25, 0.3) is 0 Å². The third-order valence-electron chi connectivity index (χ3n) is 4.91. The highest BCUT2D eigenvalue weighted by Crippen LogP contribution is 2.22. The van der Waals surface area contributed by atoms with Crippen LogP contribution in [0.4, 0.5) is 5.69 Å². The second-order valence-electron chi connectivity index (χ2n) is 7.64. The number of benzene rings is 2. The Morgan fingerprint density at radius 2 is 1.50 bits per heavy atom. The maximum Gasteiger partial charge on any atom is 0.261 e. The van der Waals surface area contributed by atoms with Gasteiger partial charge >= 0.3 is 0 Å². The van der Waals surface area contributed by atoms with Gasteiger partial charge in [0.25, 0.3) is 5.91 Å². The molecule has 2 rings (SSSR count). The molecule has 0 aliphatic carbocycles. The Labute approximate surface area is 201 Å². The van der Waals surface area contributed by atoms with Crippen molar-refractivity contribution in [3.63, 3.8) is 0 Å². The summed E-state index contributed by atoms with van der Waals surface area (Å²) >= 11 is 0. The molecule has 1 N–H and O–H groups in total. The van der Waals surface area contributed by atoms with Gasteiger partial charge in [0.2, 0.25) is 20.0 Å². The molecule has 1 amide bonds. The average molecular weight is 514 g/mol. The standard InChI is InChI=1S/C22H31N3O7S2/c1-6-21(32-19-9-7-17(8-10-19)25(4)33(5,27)28)22(26)23-15-16-31-18-11-13-20(14-12-18)34(29,30)24(2)3/h7-14,21H,6,15-16H2,1-5H3,(H,23,26). The Morgan fingerprint density at radius 1 is 0.941 bits per heavy atom. The molecule has 1 unspecified atom stereocenters. The predicted molar refractivity (Wildman–Crippen MR) is 130 cm³/mol. The SMILES string of the molecule is CCC(Oc1ccc(N(C)S(C)(=O)=O)cc1)C(=O)NCCOc1ccc(S(=O)(=O)N(C)C)cc1. The third-order valence-corrected chi connectivity index (χ3v) is 7.95. The normalized spacial score (nSPS) is 12.8. The molecule has 0 heterocycles. The lowest BCUT2D eigenvalue weighted by molar-refractivity contribution is -0.128. The van der Waals surface area contributed by atoms with Crippen molar-refractivity contribution in [1.29, 1.82) is 0 Å². The number of nitrogens with one attached hydrogen (secondary N) is 1. The van der Waals surface area contributed by atoms with Gasteiger partial charge in [0.1, 0.15) is 18.1 Å². The second-order valence-corrected chi connectivity index (χ2v) is 11.8. The quantitative estimate of drug-likeness (QED) is 0.429. The van der Waals surface area contributed by atoms with Gasteiger partial charge in [-0.3, -0.25) is 9.10 Å². The van der Waals surface area contributed by atoms with Crippen molar-refractivity contribution in [1.82, 2.24) is 9.62 Å². The van der Waals surface area contributed by atoms with E-state index in [1.54, 1.807) is 36.4 Å². The van der Waals surface area contributed by atoms with Crippen LogP contribution in [0.15, 0.2) is 53.4 Å².